The zero-order valence-corrected chi connectivity index (χ0v) is 13.9. The Morgan fingerprint density at radius 1 is 1.48 bits per heavy atom. The summed E-state index contributed by atoms with van der Waals surface area (Å²) in [5.74, 6) is 0.299. The summed E-state index contributed by atoms with van der Waals surface area (Å²) in [4.78, 5) is 0.279. The molecule has 0 atom stereocenters. The number of aromatic nitrogens is 2. The van der Waals surface area contributed by atoms with Crippen molar-refractivity contribution in [3.63, 3.8) is 0 Å². The number of rotatable bonds is 9. The minimum Gasteiger partial charge on any atom is -0.314 e. The highest BCUT2D eigenvalue weighted by Crippen LogP contribution is 2.18. The second-order valence-corrected chi connectivity index (χ2v) is 8.25. The van der Waals surface area contributed by atoms with Crippen LogP contribution in [-0.2, 0) is 16.6 Å². The van der Waals surface area contributed by atoms with E-state index >= 15 is 0 Å². The largest absolute Gasteiger partial charge is 0.314 e. The number of hydrogen-bond acceptors (Lipinski definition) is 4. The molecule has 0 unspecified atom stereocenters. The van der Waals surface area contributed by atoms with Crippen LogP contribution in [-0.4, -0.2) is 48.7 Å². The minimum atomic E-state index is -3.41. The minimum absolute atomic E-state index is 0.279. The lowest BCUT2D eigenvalue weighted by Gasteiger charge is -2.17. The van der Waals surface area contributed by atoms with Crippen LogP contribution in [0.4, 0.5) is 0 Å². The zero-order valence-electron chi connectivity index (χ0n) is 13.1. The van der Waals surface area contributed by atoms with Crippen molar-refractivity contribution in [3.8, 4) is 0 Å². The van der Waals surface area contributed by atoms with E-state index in [1.165, 1.54) is 23.3 Å². The highest BCUT2D eigenvalue weighted by Gasteiger charge is 2.23. The van der Waals surface area contributed by atoms with Crippen LogP contribution >= 0.6 is 0 Å². The molecule has 0 aromatic carbocycles. The molecule has 1 aliphatic rings. The molecule has 0 spiro atoms. The fraction of sp³-hybridized carbons (Fsp3) is 0.786. The molecule has 0 saturated heterocycles. The van der Waals surface area contributed by atoms with Gasteiger partial charge in [-0.15, -0.1) is 0 Å². The molecule has 1 N–H and O–H groups in total. The summed E-state index contributed by atoms with van der Waals surface area (Å²) in [7, 11) is -1.80. The van der Waals surface area contributed by atoms with Gasteiger partial charge < -0.3 is 5.32 Å². The van der Waals surface area contributed by atoms with Gasteiger partial charge in [-0.2, -0.15) is 5.10 Å². The Balaban J connectivity index is 1.87. The predicted octanol–water partition coefficient (Wildman–Crippen LogP) is 1.30. The first-order valence-corrected chi connectivity index (χ1v) is 9.06. The maximum atomic E-state index is 12.4. The molecule has 21 heavy (non-hydrogen) atoms. The van der Waals surface area contributed by atoms with Gasteiger partial charge in [0.1, 0.15) is 4.90 Å². The molecule has 1 aliphatic carbocycles. The van der Waals surface area contributed by atoms with Crippen LogP contribution in [0.25, 0.3) is 0 Å². The maximum absolute atomic E-state index is 12.4. The molecule has 2 rings (SSSR count). The van der Waals surface area contributed by atoms with Gasteiger partial charge >= 0.3 is 0 Å². The van der Waals surface area contributed by atoms with Crippen molar-refractivity contribution in [1.82, 2.24) is 19.4 Å². The highest BCUT2D eigenvalue weighted by atomic mass is 32.2. The molecule has 1 heterocycles. The van der Waals surface area contributed by atoms with E-state index < -0.39 is 10.0 Å². The topological polar surface area (TPSA) is 67.2 Å². The summed E-state index contributed by atoms with van der Waals surface area (Å²) in [6, 6.07) is 0.711. The molecule has 0 amide bonds. The number of hydrogen-bond donors (Lipinski definition) is 1. The zero-order chi connectivity index (χ0) is 15.5. The van der Waals surface area contributed by atoms with Crippen molar-refractivity contribution in [3.05, 3.63) is 12.4 Å². The number of aryl methyl sites for hydroxylation is 1. The van der Waals surface area contributed by atoms with Crippen LogP contribution in [0, 0.1) is 5.92 Å². The van der Waals surface area contributed by atoms with Crippen LogP contribution in [0.1, 0.15) is 33.1 Å². The number of nitrogens with zero attached hydrogens (tertiary/aromatic N) is 3. The van der Waals surface area contributed by atoms with Gasteiger partial charge in [-0.1, -0.05) is 13.8 Å². The van der Waals surface area contributed by atoms with E-state index in [1.807, 2.05) is 13.8 Å². The third kappa shape index (κ3) is 4.79. The SMILES string of the molecule is CC(C)CN(C)S(=O)(=O)c1cnn(CCCNC2CC2)c1. The van der Waals surface area contributed by atoms with E-state index in [0.29, 0.717) is 18.5 Å². The molecule has 0 aliphatic heterocycles. The van der Waals surface area contributed by atoms with Crippen molar-refractivity contribution in [1.29, 1.82) is 0 Å². The Labute approximate surface area is 127 Å². The lowest BCUT2D eigenvalue weighted by Crippen LogP contribution is -2.30. The Bertz CT molecular complexity index is 549. The van der Waals surface area contributed by atoms with Crippen molar-refractivity contribution in [2.75, 3.05) is 20.1 Å². The first kappa shape index (κ1) is 16.5. The third-order valence-corrected chi connectivity index (χ3v) is 5.29. The fourth-order valence-electron chi connectivity index (χ4n) is 2.23. The van der Waals surface area contributed by atoms with E-state index in [9.17, 15) is 8.42 Å². The lowest BCUT2D eigenvalue weighted by atomic mass is 10.2. The van der Waals surface area contributed by atoms with Crippen molar-refractivity contribution in [2.24, 2.45) is 5.92 Å². The van der Waals surface area contributed by atoms with Crippen molar-refractivity contribution < 1.29 is 8.42 Å². The lowest BCUT2D eigenvalue weighted by molar-refractivity contribution is 0.417. The Morgan fingerprint density at radius 3 is 2.81 bits per heavy atom. The molecule has 7 heteroatoms. The molecule has 1 saturated carbocycles. The summed E-state index contributed by atoms with van der Waals surface area (Å²) in [5.41, 5.74) is 0. The Kier molecular flexibility index (Phi) is 5.40. The summed E-state index contributed by atoms with van der Waals surface area (Å²) in [6.07, 6.45) is 6.60. The molecular formula is C14H26N4O2S. The van der Waals surface area contributed by atoms with E-state index in [0.717, 1.165) is 19.5 Å². The van der Waals surface area contributed by atoms with E-state index in [1.54, 1.807) is 17.9 Å². The van der Waals surface area contributed by atoms with Gasteiger partial charge in [0.15, 0.2) is 0 Å². The molecule has 0 radical (unpaired) electrons. The van der Waals surface area contributed by atoms with Gasteiger partial charge in [0, 0.05) is 32.4 Å². The first-order chi connectivity index (χ1) is 9.89. The average Bonchev–Trinajstić information content (AvgIpc) is 3.10. The van der Waals surface area contributed by atoms with Crippen LogP contribution in [0.15, 0.2) is 17.3 Å². The van der Waals surface area contributed by atoms with Crippen LogP contribution in [0.5, 0.6) is 0 Å². The van der Waals surface area contributed by atoms with E-state index in [4.69, 9.17) is 0 Å². The average molecular weight is 314 g/mol. The van der Waals surface area contributed by atoms with E-state index in [-0.39, 0.29) is 4.90 Å². The van der Waals surface area contributed by atoms with Gasteiger partial charge in [0.05, 0.1) is 6.20 Å². The van der Waals surface area contributed by atoms with Gasteiger partial charge in [-0.25, -0.2) is 12.7 Å². The summed E-state index contributed by atoms with van der Waals surface area (Å²) in [5, 5.41) is 7.60. The second-order valence-electron chi connectivity index (χ2n) is 6.20. The Morgan fingerprint density at radius 2 is 2.19 bits per heavy atom. The van der Waals surface area contributed by atoms with Gasteiger partial charge in [0.2, 0.25) is 10.0 Å². The van der Waals surface area contributed by atoms with Crippen LogP contribution in [0.2, 0.25) is 0 Å². The van der Waals surface area contributed by atoms with Gasteiger partial charge in [-0.3, -0.25) is 4.68 Å². The van der Waals surface area contributed by atoms with E-state index in [2.05, 4.69) is 10.4 Å². The normalized spacial score (nSPS) is 16.0. The second kappa shape index (κ2) is 6.89. The van der Waals surface area contributed by atoms with Crippen molar-refractivity contribution in [2.45, 2.75) is 50.6 Å². The molecule has 1 aromatic heterocycles. The first-order valence-electron chi connectivity index (χ1n) is 7.62. The smallest absolute Gasteiger partial charge is 0.245 e. The molecule has 6 nitrogen and oxygen atoms in total. The monoisotopic (exact) mass is 314 g/mol. The van der Waals surface area contributed by atoms with Gasteiger partial charge in [-0.05, 0) is 31.7 Å². The van der Waals surface area contributed by atoms with Crippen LogP contribution < -0.4 is 5.32 Å². The molecule has 120 valence electrons. The molecule has 0 bridgehead atoms. The third-order valence-electron chi connectivity index (χ3n) is 3.51. The van der Waals surface area contributed by atoms with Crippen molar-refractivity contribution >= 4 is 10.0 Å². The molecule has 1 aromatic rings. The maximum Gasteiger partial charge on any atom is 0.245 e. The highest BCUT2D eigenvalue weighted by molar-refractivity contribution is 7.89. The number of sulfonamides is 1. The summed E-state index contributed by atoms with van der Waals surface area (Å²) >= 11 is 0. The molecule has 1 fully saturated rings. The quantitative estimate of drug-likeness (QED) is 0.698. The number of nitrogens with one attached hydrogen (secondary N) is 1. The predicted molar refractivity (Wildman–Crippen MR) is 82.5 cm³/mol. The summed E-state index contributed by atoms with van der Waals surface area (Å²) < 4.78 is 27.8. The summed E-state index contributed by atoms with van der Waals surface area (Å²) in [6.45, 7) is 6.21. The fourth-order valence-corrected chi connectivity index (χ4v) is 3.52. The van der Waals surface area contributed by atoms with Gasteiger partial charge in [0.25, 0.3) is 0 Å². The standard InChI is InChI=1S/C14H26N4O2S/c1-12(2)10-17(3)21(19,20)14-9-16-18(11-14)8-4-7-15-13-5-6-13/h9,11-13,15H,4-8,10H2,1-3H3. The Hall–Kier alpha value is -0.920. The molecular weight excluding hydrogens is 288 g/mol. The van der Waals surface area contributed by atoms with Crippen LogP contribution in [0.3, 0.4) is 0 Å².